The van der Waals surface area contributed by atoms with E-state index in [0.29, 0.717) is 11.7 Å². The van der Waals surface area contributed by atoms with Crippen LogP contribution in [0.3, 0.4) is 0 Å². The Morgan fingerprint density at radius 3 is 2.57 bits per heavy atom. The molecule has 1 N–H and O–H groups in total. The number of aromatic nitrogens is 1. The van der Waals surface area contributed by atoms with Gasteiger partial charge in [-0.15, -0.1) is 11.3 Å². The van der Waals surface area contributed by atoms with Gasteiger partial charge in [-0.05, 0) is 55.9 Å². The Balaban J connectivity index is 1.32. The van der Waals surface area contributed by atoms with E-state index in [1.807, 2.05) is 72.8 Å². The molecular weight excluding hydrogens is 462 g/mol. The van der Waals surface area contributed by atoms with E-state index >= 15 is 0 Å². The molecule has 0 bridgehead atoms. The van der Waals surface area contributed by atoms with E-state index < -0.39 is 0 Å². The summed E-state index contributed by atoms with van der Waals surface area (Å²) < 4.78 is 5.40. The smallest absolute Gasteiger partial charge is 0.238 e. The SMILES string of the molecule is CC(=O)N(c1cccc(C)c1)c1nc(CN(C)CC(=O)Nc2ccc(N3CCOCC3)cc2)cs1. The molecule has 0 aliphatic carbocycles. The van der Waals surface area contributed by atoms with Crippen LogP contribution in [0.15, 0.2) is 53.9 Å². The van der Waals surface area contributed by atoms with E-state index in [1.54, 1.807) is 4.90 Å². The Morgan fingerprint density at radius 2 is 1.89 bits per heavy atom. The molecule has 184 valence electrons. The van der Waals surface area contributed by atoms with Crippen LogP contribution in [0, 0.1) is 6.92 Å². The molecule has 8 nitrogen and oxygen atoms in total. The molecule has 1 aliphatic rings. The van der Waals surface area contributed by atoms with Crippen LogP contribution in [-0.2, 0) is 20.9 Å². The van der Waals surface area contributed by atoms with Crippen LogP contribution in [0.2, 0.25) is 0 Å². The van der Waals surface area contributed by atoms with Gasteiger partial charge in [0.2, 0.25) is 11.8 Å². The number of anilines is 4. The van der Waals surface area contributed by atoms with Gasteiger partial charge in [0.25, 0.3) is 0 Å². The average molecular weight is 494 g/mol. The van der Waals surface area contributed by atoms with Crippen LogP contribution in [0.5, 0.6) is 0 Å². The average Bonchev–Trinajstić information content (AvgIpc) is 3.27. The molecule has 35 heavy (non-hydrogen) atoms. The van der Waals surface area contributed by atoms with E-state index in [4.69, 9.17) is 4.74 Å². The first kappa shape index (κ1) is 24.8. The van der Waals surface area contributed by atoms with Crippen LogP contribution >= 0.6 is 11.3 Å². The molecule has 0 spiro atoms. The number of morpholine rings is 1. The molecule has 9 heteroatoms. The number of benzene rings is 2. The number of ether oxygens (including phenoxy) is 1. The van der Waals surface area contributed by atoms with Crippen molar-refractivity contribution < 1.29 is 14.3 Å². The second kappa shape index (κ2) is 11.4. The lowest BCUT2D eigenvalue weighted by molar-refractivity contribution is -0.117. The van der Waals surface area contributed by atoms with Crippen molar-refractivity contribution in [1.82, 2.24) is 9.88 Å². The van der Waals surface area contributed by atoms with Gasteiger partial charge in [-0.2, -0.15) is 0 Å². The standard InChI is InChI=1S/C26H31N5O3S/c1-19-5-4-6-24(15-19)31(20(2)32)26-28-22(18-35-26)16-29(3)17-25(33)27-21-7-9-23(10-8-21)30-11-13-34-14-12-30/h4-10,15,18H,11-14,16-17H2,1-3H3,(H,27,33). The maximum absolute atomic E-state index is 12.6. The minimum absolute atomic E-state index is 0.0906. The summed E-state index contributed by atoms with van der Waals surface area (Å²) in [4.78, 5) is 35.4. The third-order valence-corrected chi connectivity index (χ3v) is 6.55. The second-order valence-corrected chi connectivity index (χ2v) is 9.52. The van der Waals surface area contributed by atoms with Gasteiger partial charge in [0.15, 0.2) is 5.13 Å². The number of aryl methyl sites for hydroxylation is 1. The maximum atomic E-state index is 12.6. The van der Waals surface area contributed by atoms with E-state index in [9.17, 15) is 9.59 Å². The number of hydrogen-bond acceptors (Lipinski definition) is 7. The van der Waals surface area contributed by atoms with Crippen molar-refractivity contribution in [2.24, 2.45) is 0 Å². The molecular formula is C26H31N5O3S. The summed E-state index contributed by atoms with van der Waals surface area (Å²) in [6.45, 7) is 7.49. The predicted molar refractivity (Wildman–Crippen MR) is 141 cm³/mol. The Labute approximate surface area is 210 Å². The van der Waals surface area contributed by atoms with Crippen molar-refractivity contribution in [1.29, 1.82) is 0 Å². The molecule has 0 radical (unpaired) electrons. The van der Waals surface area contributed by atoms with Gasteiger partial charge < -0.3 is 15.0 Å². The highest BCUT2D eigenvalue weighted by Gasteiger charge is 2.19. The molecule has 0 atom stereocenters. The Kier molecular flexibility index (Phi) is 8.12. The fraction of sp³-hybridized carbons (Fsp3) is 0.346. The second-order valence-electron chi connectivity index (χ2n) is 8.68. The van der Waals surface area contributed by atoms with Crippen molar-refractivity contribution >= 4 is 45.3 Å². The summed E-state index contributed by atoms with van der Waals surface area (Å²) in [5.41, 5.74) is 4.59. The number of carbonyl (C=O) groups excluding carboxylic acids is 2. The van der Waals surface area contributed by atoms with Gasteiger partial charge in [-0.1, -0.05) is 12.1 Å². The maximum Gasteiger partial charge on any atom is 0.238 e. The van der Waals surface area contributed by atoms with E-state index in [-0.39, 0.29) is 18.4 Å². The number of likely N-dealkylation sites (N-methyl/N-ethyl adjacent to an activating group) is 1. The van der Waals surface area contributed by atoms with Gasteiger partial charge in [0.05, 0.1) is 31.1 Å². The number of nitrogens with one attached hydrogen (secondary N) is 1. The zero-order valence-corrected chi connectivity index (χ0v) is 21.2. The van der Waals surface area contributed by atoms with E-state index in [0.717, 1.165) is 54.6 Å². The molecule has 0 saturated carbocycles. The van der Waals surface area contributed by atoms with Crippen molar-refractivity contribution in [3.8, 4) is 0 Å². The molecule has 1 aromatic heterocycles. The number of nitrogens with zero attached hydrogens (tertiary/aromatic N) is 4. The Bertz CT molecular complexity index is 1160. The van der Waals surface area contributed by atoms with Gasteiger partial charge >= 0.3 is 0 Å². The lowest BCUT2D eigenvalue weighted by Gasteiger charge is -2.28. The minimum atomic E-state index is -0.0936. The summed E-state index contributed by atoms with van der Waals surface area (Å²) in [6, 6.07) is 15.7. The van der Waals surface area contributed by atoms with Crippen molar-refractivity contribution in [3.63, 3.8) is 0 Å². The van der Waals surface area contributed by atoms with Gasteiger partial charge in [-0.25, -0.2) is 4.98 Å². The van der Waals surface area contributed by atoms with Crippen molar-refractivity contribution in [2.75, 3.05) is 55.0 Å². The summed E-state index contributed by atoms with van der Waals surface area (Å²) in [5, 5.41) is 5.51. The predicted octanol–water partition coefficient (Wildman–Crippen LogP) is 4.04. The number of thiazole rings is 1. The molecule has 2 heterocycles. The monoisotopic (exact) mass is 493 g/mol. The van der Waals surface area contributed by atoms with Crippen molar-refractivity contribution in [3.05, 3.63) is 65.2 Å². The van der Waals surface area contributed by atoms with Gasteiger partial charge in [0, 0.05) is 43.3 Å². The first-order chi connectivity index (χ1) is 16.9. The van der Waals surface area contributed by atoms with E-state index in [1.165, 1.54) is 18.3 Å². The normalized spacial score (nSPS) is 13.7. The molecule has 4 rings (SSSR count). The molecule has 1 fully saturated rings. The number of amides is 2. The third-order valence-electron chi connectivity index (χ3n) is 5.68. The highest BCUT2D eigenvalue weighted by atomic mass is 32.1. The Morgan fingerprint density at radius 1 is 1.14 bits per heavy atom. The molecule has 2 aromatic carbocycles. The summed E-state index contributed by atoms with van der Waals surface area (Å²) in [5.74, 6) is -0.184. The van der Waals surface area contributed by atoms with E-state index in [2.05, 4.69) is 15.2 Å². The summed E-state index contributed by atoms with van der Waals surface area (Å²) in [7, 11) is 1.88. The number of carbonyl (C=O) groups is 2. The zero-order chi connectivity index (χ0) is 24.8. The van der Waals surface area contributed by atoms with Gasteiger partial charge in [-0.3, -0.25) is 19.4 Å². The number of rotatable bonds is 8. The molecule has 0 unspecified atom stereocenters. The Hall–Kier alpha value is -3.27. The van der Waals surface area contributed by atoms with Crippen LogP contribution in [0.4, 0.5) is 22.2 Å². The molecule has 2 amide bonds. The van der Waals surface area contributed by atoms with Crippen LogP contribution in [0.1, 0.15) is 18.2 Å². The third kappa shape index (κ3) is 6.66. The molecule has 1 saturated heterocycles. The number of hydrogen-bond donors (Lipinski definition) is 1. The fourth-order valence-corrected chi connectivity index (χ4v) is 4.90. The first-order valence-electron chi connectivity index (χ1n) is 11.6. The van der Waals surface area contributed by atoms with Gasteiger partial charge in [0.1, 0.15) is 0 Å². The fourth-order valence-electron chi connectivity index (χ4n) is 4.02. The topological polar surface area (TPSA) is 78.0 Å². The molecule has 3 aromatic rings. The van der Waals surface area contributed by atoms with Crippen molar-refractivity contribution in [2.45, 2.75) is 20.4 Å². The summed E-state index contributed by atoms with van der Waals surface area (Å²) >= 11 is 1.42. The largest absolute Gasteiger partial charge is 0.378 e. The summed E-state index contributed by atoms with van der Waals surface area (Å²) in [6.07, 6.45) is 0. The highest BCUT2D eigenvalue weighted by molar-refractivity contribution is 7.14. The van der Waals surface area contributed by atoms with Crippen LogP contribution in [-0.4, -0.2) is 61.6 Å². The lowest BCUT2D eigenvalue weighted by atomic mass is 10.2. The molecule has 1 aliphatic heterocycles. The lowest BCUT2D eigenvalue weighted by Crippen LogP contribution is -2.36. The van der Waals surface area contributed by atoms with Crippen LogP contribution < -0.4 is 15.1 Å². The minimum Gasteiger partial charge on any atom is -0.378 e. The zero-order valence-electron chi connectivity index (χ0n) is 20.4. The quantitative estimate of drug-likeness (QED) is 0.510. The first-order valence-corrected chi connectivity index (χ1v) is 12.5. The van der Waals surface area contributed by atoms with Crippen LogP contribution in [0.25, 0.3) is 0 Å². The highest BCUT2D eigenvalue weighted by Crippen LogP contribution is 2.29.